The number of methoxy groups -OCH3 is 1. The molecule has 1 heterocycles. The predicted molar refractivity (Wildman–Crippen MR) is 93.3 cm³/mol. The van der Waals surface area contributed by atoms with Crippen molar-refractivity contribution >= 4 is 39.9 Å². The van der Waals surface area contributed by atoms with Crippen molar-refractivity contribution in [2.45, 2.75) is 6.54 Å². The molecule has 0 aliphatic rings. The summed E-state index contributed by atoms with van der Waals surface area (Å²) in [5.41, 5.74) is 0.593. The van der Waals surface area contributed by atoms with E-state index in [0.717, 1.165) is 0 Å². The summed E-state index contributed by atoms with van der Waals surface area (Å²) in [5.74, 6) is 0.220. The van der Waals surface area contributed by atoms with E-state index in [2.05, 4.69) is 4.98 Å². The Morgan fingerprint density at radius 3 is 2.71 bits per heavy atom. The lowest BCUT2D eigenvalue weighted by molar-refractivity contribution is 0.0970. The maximum absolute atomic E-state index is 12.5. The average Bonchev–Trinajstić information content (AvgIpc) is 2.57. The van der Waals surface area contributed by atoms with Crippen LogP contribution in [0.2, 0.25) is 10.0 Å². The second-order valence-corrected chi connectivity index (χ2v) is 5.96. The quantitative estimate of drug-likeness (QED) is 0.665. The molecule has 0 atom stereocenters. The highest BCUT2D eigenvalue weighted by Crippen LogP contribution is 2.25. The average molecular weight is 363 g/mol. The first-order valence-electron chi connectivity index (χ1n) is 7.01. The molecule has 3 rings (SSSR count). The molecule has 1 aromatic heterocycles. The Morgan fingerprint density at radius 1 is 1.21 bits per heavy atom. The van der Waals surface area contributed by atoms with Crippen LogP contribution in [0.15, 0.2) is 47.5 Å². The molecule has 0 saturated carbocycles. The number of nitrogens with zero attached hydrogens (tertiary/aromatic N) is 2. The number of aromatic nitrogens is 2. The minimum Gasteiger partial charge on any atom is -0.495 e. The summed E-state index contributed by atoms with van der Waals surface area (Å²) < 4.78 is 6.30. The van der Waals surface area contributed by atoms with Crippen LogP contribution in [-0.4, -0.2) is 22.4 Å². The van der Waals surface area contributed by atoms with Crippen molar-refractivity contribution in [3.63, 3.8) is 0 Å². The number of rotatable bonds is 4. The molecule has 0 saturated heterocycles. The Labute approximate surface area is 147 Å². The van der Waals surface area contributed by atoms with E-state index in [9.17, 15) is 9.59 Å². The van der Waals surface area contributed by atoms with Crippen LogP contribution >= 0.6 is 23.2 Å². The summed E-state index contributed by atoms with van der Waals surface area (Å²) in [6.07, 6.45) is 1.35. The fraction of sp³-hybridized carbons (Fsp3) is 0.118. The summed E-state index contributed by atoms with van der Waals surface area (Å²) >= 11 is 12.0. The molecule has 5 nitrogen and oxygen atoms in total. The highest BCUT2D eigenvalue weighted by Gasteiger charge is 2.12. The van der Waals surface area contributed by atoms with Crippen LogP contribution in [-0.2, 0) is 6.54 Å². The van der Waals surface area contributed by atoms with Gasteiger partial charge in [-0.15, -0.1) is 0 Å². The maximum Gasteiger partial charge on any atom is 0.261 e. The predicted octanol–water partition coefficient (Wildman–Crippen LogP) is 3.59. The van der Waals surface area contributed by atoms with E-state index in [0.29, 0.717) is 32.3 Å². The summed E-state index contributed by atoms with van der Waals surface area (Å²) in [5, 5.41) is 1.14. The molecule has 0 bridgehead atoms. The van der Waals surface area contributed by atoms with E-state index in [1.165, 1.54) is 30.1 Å². The molecule has 7 heteroatoms. The van der Waals surface area contributed by atoms with E-state index in [-0.39, 0.29) is 17.9 Å². The van der Waals surface area contributed by atoms with Crippen LogP contribution in [0.1, 0.15) is 10.4 Å². The Hall–Kier alpha value is -2.37. The van der Waals surface area contributed by atoms with Gasteiger partial charge in [0.25, 0.3) is 5.56 Å². The zero-order valence-electron chi connectivity index (χ0n) is 12.6. The number of carbonyl (C=O) groups is 1. The minimum atomic E-state index is -0.324. The monoisotopic (exact) mass is 362 g/mol. The first kappa shape index (κ1) is 16.5. The molecule has 0 amide bonds. The summed E-state index contributed by atoms with van der Waals surface area (Å²) in [6, 6.07) is 9.58. The van der Waals surface area contributed by atoms with Gasteiger partial charge in [0.05, 0.1) is 35.9 Å². The number of halogens is 2. The molecule has 0 unspecified atom stereocenters. The highest BCUT2D eigenvalue weighted by atomic mass is 35.5. The molecular formula is C17H12Cl2N2O3. The Balaban J connectivity index is 1.94. The molecular weight excluding hydrogens is 351 g/mol. The minimum absolute atomic E-state index is 0.142. The Bertz CT molecular complexity index is 999. The van der Waals surface area contributed by atoms with Gasteiger partial charge in [-0.05, 0) is 36.4 Å². The van der Waals surface area contributed by atoms with Crippen LogP contribution in [0.4, 0.5) is 0 Å². The van der Waals surface area contributed by atoms with E-state index in [1.54, 1.807) is 24.3 Å². The second kappa shape index (κ2) is 6.63. The SMILES string of the molecule is COc1ccc(C(=O)Cn2cnc3ccc(Cl)cc3c2=O)cc1Cl. The van der Waals surface area contributed by atoms with Crippen molar-refractivity contribution in [1.29, 1.82) is 0 Å². The number of hydrogen-bond donors (Lipinski definition) is 0. The number of ketones is 1. The molecule has 24 heavy (non-hydrogen) atoms. The molecule has 0 aliphatic heterocycles. The summed E-state index contributed by atoms with van der Waals surface area (Å²) in [7, 11) is 1.49. The Morgan fingerprint density at radius 2 is 2.00 bits per heavy atom. The van der Waals surface area contributed by atoms with Crippen LogP contribution < -0.4 is 10.3 Å². The van der Waals surface area contributed by atoms with Crippen molar-refractivity contribution in [2.24, 2.45) is 0 Å². The maximum atomic E-state index is 12.5. The number of Topliss-reactive ketones (excluding diaryl/α,β-unsaturated/α-hetero) is 1. The second-order valence-electron chi connectivity index (χ2n) is 5.11. The largest absolute Gasteiger partial charge is 0.495 e. The van der Waals surface area contributed by atoms with Crippen molar-refractivity contribution in [1.82, 2.24) is 9.55 Å². The van der Waals surface area contributed by atoms with Crippen LogP contribution in [0.5, 0.6) is 5.75 Å². The molecule has 0 aliphatic carbocycles. The topological polar surface area (TPSA) is 61.2 Å². The van der Waals surface area contributed by atoms with Gasteiger partial charge in [0.1, 0.15) is 5.75 Å². The molecule has 3 aromatic rings. The third-order valence-electron chi connectivity index (χ3n) is 3.57. The summed E-state index contributed by atoms with van der Waals surface area (Å²) in [4.78, 5) is 29.1. The third-order valence-corrected chi connectivity index (χ3v) is 4.10. The molecule has 122 valence electrons. The zero-order valence-corrected chi connectivity index (χ0v) is 14.1. The van der Waals surface area contributed by atoms with Gasteiger partial charge in [-0.25, -0.2) is 4.98 Å². The molecule has 0 spiro atoms. The smallest absolute Gasteiger partial charge is 0.261 e. The van der Waals surface area contributed by atoms with E-state index in [1.807, 2.05) is 0 Å². The number of hydrogen-bond acceptors (Lipinski definition) is 4. The van der Waals surface area contributed by atoms with Gasteiger partial charge in [0.2, 0.25) is 0 Å². The van der Waals surface area contributed by atoms with Crippen molar-refractivity contribution < 1.29 is 9.53 Å². The van der Waals surface area contributed by atoms with Crippen LogP contribution in [0.25, 0.3) is 10.9 Å². The lowest BCUT2D eigenvalue weighted by atomic mass is 10.1. The third kappa shape index (κ3) is 3.13. The normalized spacial score (nSPS) is 10.8. The first-order valence-corrected chi connectivity index (χ1v) is 7.76. The zero-order chi connectivity index (χ0) is 17.3. The Kier molecular flexibility index (Phi) is 4.55. The van der Waals surface area contributed by atoms with Gasteiger partial charge < -0.3 is 4.74 Å². The van der Waals surface area contributed by atoms with Gasteiger partial charge in [-0.1, -0.05) is 23.2 Å². The lowest BCUT2D eigenvalue weighted by Crippen LogP contribution is -2.24. The number of fused-ring (bicyclic) bond motifs is 1. The van der Waals surface area contributed by atoms with Crippen molar-refractivity contribution in [2.75, 3.05) is 7.11 Å². The van der Waals surface area contributed by atoms with Gasteiger partial charge in [0, 0.05) is 10.6 Å². The first-order chi connectivity index (χ1) is 11.5. The van der Waals surface area contributed by atoms with Crippen LogP contribution in [0.3, 0.4) is 0 Å². The number of benzene rings is 2. The molecule has 2 aromatic carbocycles. The fourth-order valence-electron chi connectivity index (χ4n) is 2.33. The number of ether oxygens (including phenoxy) is 1. The highest BCUT2D eigenvalue weighted by molar-refractivity contribution is 6.32. The van der Waals surface area contributed by atoms with Gasteiger partial charge in [-0.3, -0.25) is 14.2 Å². The van der Waals surface area contributed by atoms with Crippen molar-refractivity contribution in [3.8, 4) is 5.75 Å². The van der Waals surface area contributed by atoms with Gasteiger partial charge in [0.15, 0.2) is 5.78 Å². The van der Waals surface area contributed by atoms with E-state index < -0.39 is 0 Å². The molecule has 0 N–H and O–H groups in total. The fourth-order valence-corrected chi connectivity index (χ4v) is 2.76. The van der Waals surface area contributed by atoms with Gasteiger partial charge >= 0.3 is 0 Å². The summed E-state index contributed by atoms with van der Waals surface area (Å²) in [6.45, 7) is -0.142. The lowest BCUT2D eigenvalue weighted by Gasteiger charge is -2.08. The van der Waals surface area contributed by atoms with Crippen LogP contribution in [0, 0.1) is 0 Å². The molecule has 0 fully saturated rings. The van der Waals surface area contributed by atoms with Gasteiger partial charge in [-0.2, -0.15) is 0 Å². The van der Waals surface area contributed by atoms with E-state index in [4.69, 9.17) is 27.9 Å². The number of carbonyl (C=O) groups excluding carboxylic acids is 1. The van der Waals surface area contributed by atoms with E-state index >= 15 is 0 Å². The standard InChI is InChI=1S/C17H12Cl2N2O3/c1-24-16-5-2-10(6-13(16)19)15(22)8-21-9-20-14-4-3-11(18)7-12(14)17(21)23/h2-7,9H,8H2,1H3. The molecule has 0 radical (unpaired) electrons. The van der Waals surface area contributed by atoms with Crippen molar-refractivity contribution in [3.05, 3.63) is 68.7 Å².